The second kappa shape index (κ2) is 12.4. The first-order chi connectivity index (χ1) is 8.62. The molecule has 110 valence electrons. The first-order valence-electron chi connectivity index (χ1n) is 6.76. The van der Waals surface area contributed by atoms with Crippen molar-refractivity contribution in [2.24, 2.45) is 0 Å². The Hall–Kier alpha value is 0.350. The Morgan fingerprint density at radius 1 is 0.889 bits per heavy atom. The highest BCUT2D eigenvalue weighted by molar-refractivity contribution is 9.09. The Balaban J connectivity index is 3.29. The zero-order chi connectivity index (χ0) is 13.7. The van der Waals surface area contributed by atoms with Gasteiger partial charge in [-0.3, -0.25) is 0 Å². The van der Waals surface area contributed by atoms with E-state index in [2.05, 4.69) is 20.7 Å². The lowest BCUT2D eigenvalue weighted by molar-refractivity contribution is 0.301. The van der Waals surface area contributed by atoms with E-state index < -0.39 is 10.0 Å². The van der Waals surface area contributed by atoms with Gasteiger partial charge in [-0.15, -0.1) is 0 Å². The fourth-order valence-corrected chi connectivity index (χ4v) is 3.25. The molecule has 0 aliphatic heterocycles. The molecule has 0 unspecified atom stereocenters. The average Bonchev–Trinajstić information content (AvgIpc) is 2.34. The van der Waals surface area contributed by atoms with Crippen LogP contribution in [0.15, 0.2) is 0 Å². The molecule has 0 fully saturated rings. The number of rotatable bonds is 13. The summed E-state index contributed by atoms with van der Waals surface area (Å²) in [7, 11) is -3.16. The summed E-state index contributed by atoms with van der Waals surface area (Å²) in [5, 5.41) is 9.62. The molecule has 0 amide bonds. The van der Waals surface area contributed by atoms with Crippen LogP contribution in [0.1, 0.15) is 51.4 Å². The fraction of sp³-hybridized carbons (Fsp3) is 1.00. The number of hydrogen-bond acceptors (Lipinski definition) is 3. The summed E-state index contributed by atoms with van der Waals surface area (Å²) < 4.78 is 25.1. The van der Waals surface area contributed by atoms with E-state index in [1.54, 1.807) is 0 Å². The van der Waals surface area contributed by atoms with E-state index in [1.165, 1.54) is 32.1 Å². The van der Waals surface area contributed by atoms with Crippen molar-refractivity contribution in [1.82, 2.24) is 4.72 Å². The lowest BCUT2D eigenvalue weighted by Gasteiger charge is -2.05. The Labute approximate surface area is 120 Å². The van der Waals surface area contributed by atoms with Crippen molar-refractivity contribution in [2.75, 3.05) is 24.2 Å². The Bertz CT molecular complexity index is 270. The van der Waals surface area contributed by atoms with Crippen LogP contribution in [0.5, 0.6) is 0 Å². The van der Waals surface area contributed by atoms with Crippen LogP contribution in [0.25, 0.3) is 0 Å². The second-order valence-electron chi connectivity index (χ2n) is 4.45. The maximum absolute atomic E-state index is 11.4. The molecule has 6 heteroatoms. The quantitative estimate of drug-likeness (QED) is 0.398. The summed E-state index contributed by atoms with van der Waals surface area (Å²) >= 11 is 3.41. The molecule has 0 aliphatic rings. The van der Waals surface area contributed by atoms with Gasteiger partial charge in [0.15, 0.2) is 0 Å². The molecule has 0 radical (unpaired) electrons. The molecule has 0 saturated carbocycles. The molecule has 18 heavy (non-hydrogen) atoms. The minimum atomic E-state index is -3.16. The van der Waals surface area contributed by atoms with Crippen molar-refractivity contribution in [3.8, 4) is 0 Å². The van der Waals surface area contributed by atoms with Crippen LogP contribution in [-0.4, -0.2) is 37.8 Å². The molecule has 0 aromatic rings. The minimum Gasteiger partial charge on any atom is -0.395 e. The van der Waals surface area contributed by atoms with E-state index in [0.717, 1.165) is 18.2 Å². The van der Waals surface area contributed by atoms with Gasteiger partial charge in [0.1, 0.15) is 0 Å². The van der Waals surface area contributed by atoms with Gasteiger partial charge in [-0.2, -0.15) is 0 Å². The highest BCUT2D eigenvalue weighted by Gasteiger charge is 2.07. The Morgan fingerprint density at radius 2 is 1.39 bits per heavy atom. The third-order valence-electron chi connectivity index (χ3n) is 2.73. The van der Waals surface area contributed by atoms with Crippen molar-refractivity contribution in [2.45, 2.75) is 51.4 Å². The lowest BCUT2D eigenvalue weighted by Crippen LogP contribution is -2.28. The summed E-state index contributed by atoms with van der Waals surface area (Å²) in [4.78, 5) is 0. The Kier molecular flexibility index (Phi) is 12.6. The molecule has 0 aliphatic carbocycles. The average molecular weight is 344 g/mol. The molecule has 0 heterocycles. The number of halogens is 1. The first kappa shape index (κ1) is 18.4. The topological polar surface area (TPSA) is 66.4 Å². The van der Waals surface area contributed by atoms with E-state index in [4.69, 9.17) is 5.11 Å². The number of sulfonamides is 1. The van der Waals surface area contributed by atoms with Crippen LogP contribution in [0.4, 0.5) is 0 Å². The number of alkyl halides is 1. The number of aliphatic hydroxyl groups is 1. The first-order valence-corrected chi connectivity index (χ1v) is 9.54. The molecule has 0 saturated heterocycles. The van der Waals surface area contributed by atoms with E-state index in [9.17, 15) is 8.42 Å². The maximum atomic E-state index is 11.4. The summed E-state index contributed by atoms with van der Waals surface area (Å²) in [5.74, 6) is 0.177. The van der Waals surface area contributed by atoms with Gasteiger partial charge in [0.25, 0.3) is 0 Å². The van der Waals surface area contributed by atoms with E-state index in [0.29, 0.717) is 6.42 Å². The molecule has 0 aromatic heterocycles. The highest BCUT2D eigenvalue weighted by Crippen LogP contribution is 2.09. The minimum absolute atomic E-state index is 0.121. The smallest absolute Gasteiger partial charge is 0.211 e. The summed E-state index contributed by atoms with van der Waals surface area (Å²) in [5.41, 5.74) is 0. The number of aliphatic hydroxyl groups excluding tert-OH is 1. The van der Waals surface area contributed by atoms with E-state index >= 15 is 0 Å². The lowest BCUT2D eigenvalue weighted by atomic mass is 10.1. The Morgan fingerprint density at radius 3 is 1.89 bits per heavy atom. The monoisotopic (exact) mass is 343 g/mol. The number of nitrogens with one attached hydrogen (secondary N) is 1. The van der Waals surface area contributed by atoms with Crippen molar-refractivity contribution < 1.29 is 13.5 Å². The normalized spacial score (nSPS) is 11.9. The molecular formula is C12H26BrNO3S. The number of hydrogen-bond donors (Lipinski definition) is 2. The van der Waals surface area contributed by atoms with Gasteiger partial charge in [-0.25, -0.2) is 13.1 Å². The predicted molar refractivity (Wildman–Crippen MR) is 79.6 cm³/mol. The van der Waals surface area contributed by atoms with Gasteiger partial charge >= 0.3 is 0 Å². The molecule has 0 aromatic carbocycles. The van der Waals surface area contributed by atoms with Crippen molar-refractivity contribution in [3.63, 3.8) is 0 Å². The maximum Gasteiger partial charge on any atom is 0.211 e. The van der Waals surface area contributed by atoms with Crippen LogP contribution >= 0.6 is 15.9 Å². The zero-order valence-corrected chi connectivity index (χ0v) is 13.4. The zero-order valence-electron chi connectivity index (χ0n) is 11.0. The molecule has 0 spiro atoms. The molecule has 2 N–H and O–H groups in total. The predicted octanol–water partition coefficient (Wildman–Crippen LogP) is 2.41. The van der Waals surface area contributed by atoms with E-state index in [-0.39, 0.29) is 18.9 Å². The van der Waals surface area contributed by atoms with Gasteiger partial charge in [0.05, 0.1) is 12.4 Å². The van der Waals surface area contributed by atoms with Crippen LogP contribution < -0.4 is 4.72 Å². The van der Waals surface area contributed by atoms with Gasteiger partial charge < -0.3 is 5.11 Å². The molecule has 0 rings (SSSR count). The number of unbranched alkanes of at least 4 members (excludes halogenated alkanes) is 7. The SMILES string of the molecule is O=S(=O)(CCCCCCCCCCBr)NCCO. The van der Waals surface area contributed by atoms with Gasteiger partial charge in [0, 0.05) is 11.9 Å². The highest BCUT2D eigenvalue weighted by atomic mass is 79.9. The van der Waals surface area contributed by atoms with Crippen LogP contribution in [0.3, 0.4) is 0 Å². The largest absolute Gasteiger partial charge is 0.395 e. The van der Waals surface area contributed by atoms with Crippen molar-refractivity contribution in [3.05, 3.63) is 0 Å². The van der Waals surface area contributed by atoms with E-state index in [1.807, 2.05) is 0 Å². The summed E-state index contributed by atoms with van der Waals surface area (Å²) in [6, 6.07) is 0. The molecule has 0 bridgehead atoms. The third-order valence-corrected chi connectivity index (χ3v) is 4.76. The van der Waals surface area contributed by atoms with Gasteiger partial charge in [-0.05, 0) is 12.8 Å². The standard InChI is InChI=1S/C12H26BrNO3S/c13-9-7-5-3-1-2-4-6-8-12-18(16,17)14-10-11-15/h14-15H,1-12H2. The van der Waals surface area contributed by atoms with Crippen LogP contribution in [0, 0.1) is 0 Å². The summed E-state index contributed by atoms with van der Waals surface area (Å²) in [6.07, 6.45) is 9.06. The van der Waals surface area contributed by atoms with Gasteiger partial charge in [0.2, 0.25) is 10.0 Å². The molecular weight excluding hydrogens is 318 g/mol. The van der Waals surface area contributed by atoms with Crippen molar-refractivity contribution in [1.29, 1.82) is 0 Å². The van der Waals surface area contributed by atoms with Crippen LogP contribution in [0.2, 0.25) is 0 Å². The van der Waals surface area contributed by atoms with Crippen molar-refractivity contribution >= 4 is 26.0 Å². The molecule has 0 atom stereocenters. The van der Waals surface area contributed by atoms with Crippen LogP contribution in [-0.2, 0) is 10.0 Å². The van der Waals surface area contributed by atoms with Gasteiger partial charge in [-0.1, -0.05) is 54.5 Å². The fourth-order valence-electron chi connectivity index (χ4n) is 1.72. The third kappa shape index (κ3) is 12.8. The molecule has 4 nitrogen and oxygen atoms in total. The summed E-state index contributed by atoms with van der Waals surface area (Å²) in [6.45, 7) is -0.0243. The second-order valence-corrected chi connectivity index (χ2v) is 7.17.